The van der Waals surface area contributed by atoms with Gasteiger partial charge in [-0.2, -0.15) is 5.26 Å². The molecular formula is C13H15NO3. The van der Waals surface area contributed by atoms with E-state index in [0.717, 1.165) is 12.0 Å². The molecule has 90 valence electrons. The van der Waals surface area contributed by atoms with Crippen LogP contribution in [-0.2, 0) is 4.74 Å². The van der Waals surface area contributed by atoms with Gasteiger partial charge in [0.2, 0.25) is 0 Å². The van der Waals surface area contributed by atoms with E-state index in [1.54, 1.807) is 14.2 Å². The van der Waals surface area contributed by atoms with Gasteiger partial charge in [0, 0.05) is 6.61 Å². The van der Waals surface area contributed by atoms with Crippen LogP contribution in [0.5, 0.6) is 11.5 Å². The van der Waals surface area contributed by atoms with Gasteiger partial charge < -0.3 is 14.2 Å². The second-order valence-corrected chi connectivity index (χ2v) is 3.93. The molecule has 0 amide bonds. The highest BCUT2D eigenvalue weighted by Gasteiger charge is 2.30. The Hall–Kier alpha value is -1.73. The van der Waals surface area contributed by atoms with Gasteiger partial charge in [-0.25, -0.2) is 0 Å². The molecule has 1 heterocycles. The van der Waals surface area contributed by atoms with Crippen LogP contribution in [0.25, 0.3) is 0 Å². The smallest absolute Gasteiger partial charge is 0.161 e. The molecule has 0 spiro atoms. The summed E-state index contributed by atoms with van der Waals surface area (Å²) in [5, 5.41) is 9.04. The van der Waals surface area contributed by atoms with Crippen LogP contribution in [0.1, 0.15) is 18.1 Å². The Morgan fingerprint density at radius 1 is 1.29 bits per heavy atom. The number of hydrogen-bond acceptors (Lipinski definition) is 4. The number of nitriles is 1. The van der Waals surface area contributed by atoms with E-state index in [9.17, 15) is 0 Å². The van der Waals surface area contributed by atoms with Crippen LogP contribution < -0.4 is 9.47 Å². The SMILES string of the molecule is COc1ccc(C2OCCC2C#N)cc1OC. The fourth-order valence-corrected chi connectivity index (χ4v) is 2.08. The molecule has 2 rings (SSSR count). The molecule has 0 saturated carbocycles. The summed E-state index contributed by atoms with van der Waals surface area (Å²) in [5.41, 5.74) is 0.965. The van der Waals surface area contributed by atoms with Crippen LogP contribution >= 0.6 is 0 Å². The summed E-state index contributed by atoms with van der Waals surface area (Å²) in [4.78, 5) is 0. The summed E-state index contributed by atoms with van der Waals surface area (Å²) in [7, 11) is 3.20. The molecule has 1 aliphatic rings. The highest BCUT2D eigenvalue weighted by molar-refractivity contribution is 5.44. The van der Waals surface area contributed by atoms with Crippen molar-refractivity contribution in [3.63, 3.8) is 0 Å². The minimum absolute atomic E-state index is 0.0758. The van der Waals surface area contributed by atoms with Gasteiger partial charge in [-0.15, -0.1) is 0 Å². The van der Waals surface area contributed by atoms with Crippen LogP contribution in [-0.4, -0.2) is 20.8 Å². The van der Waals surface area contributed by atoms with Gasteiger partial charge in [0.1, 0.15) is 0 Å². The lowest BCUT2D eigenvalue weighted by Crippen LogP contribution is -2.05. The Kier molecular flexibility index (Phi) is 3.50. The van der Waals surface area contributed by atoms with E-state index in [-0.39, 0.29) is 12.0 Å². The molecule has 1 fully saturated rings. The Morgan fingerprint density at radius 2 is 2.06 bits per heavy atom. The monoisotopic (exact) mass is 233 g/mol. The fourth-order valence-electron chi connectivity index (χ4n) is 2.08. The van der Waals surface area contributed by atoms with Crippen molar-refractivity contribution >= 4 is 0 Å². The number of methoxy groups -OCH3 is 2. The van der Waals surface area contributed by atoms with E-state index in [1.165, 1.54) is 0 Å². The lowest BCUT2D eigenvalue weighted by atomic mass is 9.96. The molecule has 0 N–H and O–H groups in total. The second-order valence-electron chi connectivity index (χ2n) is 3.93. The number of benzene rings is 1. The van der Waals surface area contributed by atoms with Crippen LogP contribution in [0.15, 0.2) is 18.2 Å². The molecule has 1 aromatic carbocycles. The maximum atomic E-state index is 9.04. The Labute approximate surface area is 101 Å². The molecule has 2 atom stereocenters. The Balaban J connectivity index is 2.30. The first-order valence-corrected chi connectivity index (χ1v) is 5.53. The molecular weight excluding hydrogens is 218 g/mol. The topological polar surface area (TPSA) is 51.5 Å². The van der Waals surface area contributed by atoms with E-state index in [2.05, 4.69) is 6.07 Å². The third-order valence-corrected chi connectivity index (χ3v) is 2.99. The first kappa shape index (κ1) is 11.7. The lowest BCUT2D eigenvalue weighted by Gasteiger charge is -2.15. The van der Waals surface area contributed by atoms with E-state index in [4.69, 9.17) is 19.5 Å². The highest BCUT2D eigenvalue weighted by Crippen LogP contribution is 2.37. The predicted molar refractivity (Wildman–Crippen MR) is 62.0 cm³/mol. The van der Waals surface area contributed by atoms with Gasteiger partial charge in [0.25, 0.3) is 0 Å². The Bertz CT molecular complexity index is 439. The molecule has 1 saturated heterocycles. The van der Waals surface area contributed by atoms with E-state index >= 15 is 0 Å². The molecule has 1 aliphatic heterocycles. The first-order chi connectivity index (χ1) is 8.30. The van der Waals surface area contributed by atoms with Crippen molar-refractivity contribution in [3.8, 4) is 17.6 Å². The normalized spacial score (nSPS) is 23.1. The summed E-state index contributed by atoms with van der Waals surface area (Å²) < 4.78 is 16.0. The first-order valence-electron chi connectivity index (χ1n) is 5.53. The summed E-state index contributed by atoms with van der Waals surface area (Å²) in [5.74, 6) is 1.27. The van der Waals surface area contributed by atoms with Gasteiger partial charge in [0.15, 0.2) is 11.5 Å². The van der Waals surface area contributed by atoms with Gasteiger partial charge >= 0.3 is 0 Å². The van der Waals surface area contributed by atoms with Crippen LogP contribution in [0, 0.1) is 17.2 Å². The summed E-state index contributed by atoms with van der Waals surface area (Å²) in [6, 6.07) is 7.91. The van der Waals surface area contributed by atoms with E-state index in [0.29, 0.717) is 18.1 Å². The van der Waals surface area contributed by atoms with Crippen LogP contribution in [0.2, 0.25) is 0 Å². The van der Waals surface area contributed by atoms with Crippen molar-refractivity contribution in [2.75, 3.05) is 20.8 Å². The third-order valence-electron chi connectivity index (χ3n) is 2.99. The molecule has 0 aliphatic carbocycles. The number of hydrogen-bond donors (Lipinski definition) is 0. The van der Waals surface area contributed by atoms with Gasteiger partial charge in [0.05, 0.1) is 32.3 Å². The quantitative estimate of drug-likeness (QED) is 0.803. The van der Waals surface area contributed by atoms with Gasteiger partial charge in [-0.05, 0) is 24.1 Å². The van der Waals surface area contributed by atoms with Crippen LogP contribution in [0.4, 0.5) is 0 Å². The fraction of sp³-hybridized carbons (Fsp3) is 0.462. The second kappa shape index (κ2) is 5.07. The van der Waals surface area contributed by atoms with E-state index in [1.807, 2.05) is 18.2 Å². The number of ether oxygens (including phenoxy) is 3. The Morgan fingerprint density at radius 3 is 2.71 bits per heavy atom. The third kappa shape index (κ3) is 2.20. The van der Waals surface area contributed by atoms with Gasteiger partial charge in [-0.3, -0.25) is 0 Å². The van der Waals surface area contributed by atoms with Crippen LogP contribution in [0.3, 0.4) is 0 Å². The predicted octanol–water partition coefficient (Wildman–Crippen LogP) is 2.30. The summed E-state index contributed by atoms with van der Waals surface area (Å²) in [6.07, 6.45) is 0.634. The lowest BCUT2D eigenvalue weighted by molar-refractivity contribution is 0.100. The van der Waals surface area contributed by atoms with Crippen molar-refractivity contribution in [2.24, 2.45) is 5.92 Å². The molecule has 17 heavy (non-hydrogen) atoms. The molecule has 2 unspecified atom stereocenters. The average molecular weight is 233 g/mol. The summed E-state index contributed by atoms with van der Waals surface area (Å²) >= 11 is 0. The molecule has 0 aromatic heterocycles. The average Bonchev–Trinajstić information content (AvgIpc) is 2.86. The maximum absolute atomic E-state index is 9.04. The maximum Gasteiger partial charge on any atom is 0.161 e. The molecule has 0 radical (unpaired) electrons. The van der Waals surface area contributed by atoms with Crippen molar-refractivity contribution in [1.82, 2.24) is 0 Å². The van der Waals surface area contributed by atoms with Crippen molar-refractivity contribution in [2.45, 2.75) is 12.5 Å². The van der Waals surface area contributed by atoms with Crippen molar-refractivity contribution in [1.29, 1.82) is 5.26 Å². The van der Waals surface area contributed by atoms with Crippen molar-refractivity contribution < 1.29 is 14.2 Å². The van der Waals surface area contributed by atoms with Crippen molar-refractivity contribution in [3.05, 3.63) is 23.8 Å². The molecule has 4 heteroatoms. The molecule has 0 bridgehead atoms. The largest absolute Gasteiger partial charge is 0.493 e. The molecule has 4 nitrogen and oxygen atoms in total. The standard InChI is InChI=1S/C13H15NO3/c1-15-11-4-3-9(7-12(11)16-2)13-10(8-14)5-6-17-13/h3-4,7,10,13H,5-6H2,1-2H3. The van der Waals surface area contributed by atoms with E-state index < -0.39 is 0 Å². The zero-order chi connectivity index (χ0) is 12.3. The van der Waals surface area contributed by atoms with Gasteiger partial charge in [-0.1, -0.05) is 6.07 Å². The highest BCUT2D eigenvalue weighted by atomic mass is 16.5. The summed E-state index contributed by atoms with van der Waals surface area (Å²) in [6.45, 7) is 0.636. The minimum Gasteiger partial charge on any atom is -0.493 e. The minimum atomic E-state index is -0.153. The zero-order valence-electron chi connectivity index (χ0n) is 9.97. The zero-order valence-corrected chi connectivity index (χ0v) is 9.97. The molecule has 1 aromatic rings. The number of nitrogens with zero attached hydrogens (tertiary/aromatic N) is 1. The number of rotatable bonds is 3.